The summed E-state index contributed by atoms with van der Waals surface area (Å²) in [5.74, 6) is -0.0967. The average molecular weight is 304 g/mol. The molecule has 1 unspecified atom stereocenters. The number of hydrogen-bond acceptors (Lipinski definition) is 4. The van der Waals surface area contributed by atoms with Crippen LogP contribution in [-0.4, -0.2) is 25.2 Å². The fourth-order valence-corrected chi connectivity index (χ4v) is 3.79. The van der Waals surface area contributed by atoms with Gasteiger partial charge in [-0.25, -0.2) is 0 Å². The number of amides is 1. The number of nitrogen functional groups attached to an aromatic ring is 1. The smallest absolute Gasteiger partial charge is 0.263 e. The molecule has 4 nitrogen and oxygen atoms in total. The molecule has 1 atom stereocenters. The summed E-state index contributed by atoms with van der Waals surface area (Å²) in [6.45, 7) is 3.39. The standard InChI is InChI=1S/C16H20N2O2S/c1-10-5-6-12-13(8-10)21-15(14(12)17)16(19)18-9-11-4-2-3-7-20-11/h5-6,8,11H,2-4,7,9,17H2,1H3,(H,18,19). The molecule has 112 valence electrons. The molecule has 0 radical (unpaired) electrons. The van der Waals surface area contributed by atoms with Gasteiger partial charge >= 0.3 is 0 Å². The maximum absolute atomic E-state index is 12.3. The van der Waals surface area contributed by atoms with Gasteiger partial charge in [0.2, 0.25) is 0 Å². The Labute approximate surface area is 128 Å². The van der Waals surface area contributed by atoms with E-state index in [-0.39, 0.29) is 12.0 Å². The summed E-state index contributed by atoms with van der Waals surface area (Å²) in [5, 5.41) is 3.91. The molecule has 1 saturated heterocycles. The van der Waals surface area contributed by atoms with E-state index in [0.717, 1.165) is 29.5 Å². The number of benzene rings is 1. The van der Waals surface area contributed by atoms with Crippen molar-refractivity contribution in [3.05, 3.63) is 28.6 Å². The monoisotopic (exact) mass is 304 g/mol. The van der Waals surface area contributed by atoms with Gasteiger partial charge in [-0.3, -0.25) is 4.79 Å². The van der Waals surface area contributed by atoms with Gasteiger partial charge in [-0.1, -0.05) is 12.1 Å². The zero-order chi connectivity index (χ0) is 14.8. The molecular weight excluding hydrogens is 284 g/mol. The predicted octanol–water partition coefficient (Wildman–Crippen LogP) is 3.09. The van der Waals surface area contributed by atoms with Crippen LogP contribution in [0.1, 0.15) is 34.5 Å². The Kier molecular flexibility index (Phi) is 4.12. The minimum atomic E-state index is -0.0967. The number of nitrogens with two attached hydrogens (primary N) is 1. The highest BCUT2D eigenvalue weighted by Crippen LogP contribution is 2.34. The first kappa shape index (κ1) is 14.4. The maximum Gasteiger partial charge on any atom is 0.263 e. The van der Waals surface area contributed by atoms with Crippen LogP contribution in [0.4, 0.5) is 5.69 Å². The van der Waals surface area contributed by atoms with Crippen LogP contribution < -0.4 is 11.1 Å². The van der Waals surface area contributed by atoms with Crippen molar-refractivity contribution in [2.24, 2.45) is 0 Å². The summed E-state index contributed by atoms with van der Waals surface area (Å²) in [4.78, 5) is 12.9. The molecule has 21 heavy (non-hydrogen) atoms. The number of thiophene rings is 1. The van der Waals surface area contributed by atoms with Gasteiger partial charge in [0, 0.05) is 23.2 Å². The summed E-state index contributed by atoms with van der Waals surface area (Å²) in [5.41, 5.74) is 7.87. The molecule has 5 heteroatoms. The zero-order valence-corrected chi connectivity index (χ0v) is 13.0. The second-order valence-electron chi connectivity index (χ2n) is 5.54. The van der Waals surface area contributed by atoms with E-state index in [1.807, 2.05) is 19.1 Å². The molecular formula is C16H20N2O2S. The quantitative estimate of drug-likeness (QED) is 0.916. The SMILES string of the molecule is Cc1ccc2c(N)c(C(=O)NCC3CCCCO3)sc2c1. The second kappa shape index (κ2) is 6.03. The van der Waals surface area contributed by atoms with Gasteiger partial charge in [-0.2, -0.15) is 0 Å². The molecule has 1 aromatic heterocycles. The van der Waals surface area contributed by atoms with Gasteiger partial charge < -0.3 is 15.8 Å². The van der Waals surface area contributed by atoms with E-state index < -0.39 is 0 Å². The lowest BCUT2D eigenvalue weighted by Gasteiger charge is -2.22. The van der Waals surface area contributed by atoms with Gasteiger partial charge in [0.25, 0.3) is 5.91 Å². The van der Waals surface area contributed by atoms with Gasteiger partial charge in [0.15, 0.2) is 0 Å². The Morgan fingerprint density at radius 3 is 3.10 bits per heavy atom. The van der Waals surface area contributed by atoms with Gasteiger partial charge in [-0.15, -0.1) is 11.3 Å². The van der Waals surface area contributed by atoms with Crippen LogP contribution in [0.25, 0.3) is 10.1 Å². The Morgan fingerprint density at radius 2 is 2.33 bits per heavy atom. The summed E-state index contributed by atoms with van der Waals surface area (Å²) < 4.78 is 6.69. The maximum atomic E-state index is 12.3. The van der Waals surface area contributed by atoms with E-state index in [1.54, 1.807) is 0 Å². The largest absolute Gasteiger partial charge is 0.397 e. The highest BCUT2D eigenvalue weighted by atomic mass is 32.1. The number of carbonyl (C=O) groups excluding carboxylic acids is 1. The fraction of sp³-hybridized carbons (Fsp3) is 0.438. The molecule has 3 N–H and O–H groups in total. The molecule has 1 aliphatic heterocycles. The fourth-order valence-electron chi connectivity index (χ4n) is 2.65. The first-order valence-electron chi connectivity index (χ1n) is 7.33. The highest BCUT2D eigenvalue weighted by Gasteiger charge is 2.19. The van der Waals surface area contributed by atoms with Gasteiger partial charge in [0.1, 0.15) is 4.88 Å². The normalized spacial score (nSPS) is 18.8. The van der Waals surface area contributed by atoms with Crippen LogP contribution in [0.2, 0.25) is 0 Å². The topological polar surface area (TPSA) is 64.4 Å². The molecule has 0 spiro atoms. The van der Waals surface area contributed by atoms with E-state index >= 15 is 0 Å². The zero-order valence-electron chi connectivity index (χ0n) is 12.1. The molecule has 0 saturated carbocycles. The van der Waals surface area contributed by atoms with Crippen LogP contribution in [-0.2, 0) is 4.74 Å². The Bertz CT molecular complexity index is 660. The van der Waals surface area contributed by atoms with Crippen molar-refractivity contribution >= 4 is 33.0 Å². The number of nitrogens with one attached hydrogen (secondary N) is 1. The van der Waals surface area contributed by atoms with E-state index in [2.05, 4.69) is 11.4 Å². The third-order valence-corrected chi connectivity index (χ3v) is 5.02. The second-order valence-corrected chi connectivity index (χ2v) is 6.60. The summed E-state index contributed by atoms with van der Waals surface area (Å²) in [6, 6.07) is 6.07. The number of carbonyl (C=O) groups is 1. The minimum absolute atomic E-state index is 0.0967. The predicted molar refractivity (Wildman–Crippen MR) is 86.9 cm³/mol. The average Bonchev–Trinajstić information content (AvgIpc) is 2.82. The number of fused-ring (bicyclic) bond motifs is 1. The lowest BCUT2D eigenvalue weighted by atomic mass is 10.1. The van der Waals surface area contributed by atoms with E-state index in [4.69, 9.17) is 10.5 Å². The van der Waals surface area contributed by atoms with Crippen molar-refractivity contribution in [1.29, 1.82) is 0 Å². The Balaban J connectivity index is 1.73. The lowest BCUT2D eigenvalue weighted by Crippen LogP contribution is -2.35. The number of anilines is 1. The molecule has 1 amide bonds. The van der Waals surface area contributed by atoms with E-state index in [0.29, 0.717) is 17.1 Å². The molecule has 2 heterocycles. The van der Waals surface area contributed by atoms with Gasteiger partial charge in [-0.05, 0) is 37.8 Å². The van der Waals surface area contributed by atoms with Crippen molar-refractivity contribution in [2.75, 3.05) is 18.9 Å². The van der Waals surface area contributed by atoms with Crippen LogP contribution in [0.15, 0.2) is 18.2 Å². The van der Waals surface area contributed by atoms with Crippen LogP contribution in [0, 0.1) is 6.92 Å². The van der Waals surface area contributed by atoms with Crippen molar-refractivity contribution in [3.63, 3.8) is 0 Å². The number of hydrogen-bond donors (Lipinski definition) is 2. The van der Waals surface area contributed by atoms with Crippen molar-refractivity contribution in [2.45, 2.75) is 32.3 Å². The molecule has 0 aliphatic carbocycles. The summed E-state index contributed by atoms with van der Waals surface area (Å²) >= 11 is 1.45. The molecule has 0 bridgehead atoms. The Morgan fingerprint density at radius 1 is 1.48 bits per heavy atom. The van der Waals surface area contributed by atoms with E-state index in [9.17, 15) is 4.79 Å². The molecule has 1 aliphatic rings. The molecule has 1 fully saturated rings. The van der Waals surface area contributed by atoms with Crippen molar-refractivity contribution < 1.29 is 9.53 Å². The molecule has 1 aromatic carbocycles. The highest BCUT2D eigenvalue weighted by molar-refractivity contribution is 7.21. The first-order chi connectivity index (χ1) is 10.1. The van der Waals surface area contributed by atoms with Crippen LogP contribution >= 0.6 is 11.3 Å². The molecule has 3 rings (SSSR count). The van der Waals surface area contributed by atoms with E-state index in [1.165, 1.54) is 23.3 Å². The first-order valence-corrected chi connectivity index (χ1v) is 8.15. The van der Waals surface area contributed by atoms with Crippen LogP contribution in [0.3, 0.4) is 0 Å². The third kappa shape index (κ3) is 3.04. The molecule has 2 aromatic rings. The summed E-state index contributed by atoms with van der Waals surface area (Å²) in [6.07, 6.45) is 3.44. The Hall–Kier alpha value is -1.59. The van der Waals surface area contributed by atoms with Gasteiger partial charge in [0.05, 0.1) is 11.8 Å². The summed E-state index contributed by atoms with van der Waals surface area (Å²) in [7, 11) is 0. The number of rotatable bonds is 3. The third-order valence-electron chi connectivity index (χ3n) is 3.85. The van der Waals surface area contributed by atoms with Crippen molar-refractivity contribution in [3.8, 4) is 0 Å². The van der Waals surface area contributed by atoms with Crippen LogP contribution in [0.5, 0.6) is 0 Å². The lowest BCUT2D eigenvalue weighted by molar-refractivity contribution is 0.0169. The number of aryl methyl sites for hydroxylation is 1. The minimum Gasteiger partial charge on any atom is -0.397 e. The number of ether oxygens (including phenoxy) is 1. The van der Waals surface area contributed by atoms with Crippen molar-refractivity contribution in [1.82, 2.24) is 5.32 Å².